The van der Waals surface area contributed by atoms with Gasteiger partial charge in [-0.05, 0) is 12.6 Å². The van der Waals surface area contributed by atoms with Crippen molar-refractivity contribution in [3.8, 4) is 11.5 Å². The second-order valence-electron chi connectivity index (χ2n) is 3.77. The number of rotatable bonds is 8. The number of nitrogens with one attached hydrogen (secondary N) is 1. The molecule has 1 rings (SSSR count). The van der Waals surface area contributed by atoms with Gasteiger partial charge in [-0.15, -0.1) is 0 Å². The molecule has 0 bridgehead atoms. The first kappa shape index (κ1) is 15.1. The van der Waals surface area contributed by atoms with Crippen LogP contribution in [0.25, 0.3) is 0 Å². The summed E-state index contributed by atoms with van der Waals surface area (Å²) in [5.74, 6) is 1.21. The Morgan fingerprint density at radius 3 is 2.78 bits per heavy atom. The Bertz CT molecular complexity index is 374. The highest BCUT2D eigenvalue weighted by Gasteiger charge is 2.12. The van der Waals surface area contributed by atoms with Crippen molar-refractivity contribution in [1.29, 1.82) is 0 Å². The van der Waals surface area contributed by atoms with Gasteiger partial charge in [-0.1, -0.05) is 18.5 Å². The highest BCUT2D eigenvalue weighted by Crippen LogP contribution is 2.34. The molecule has 0 amide bonds. The van der Waals surface area contributed by atoms with E-state index in [4.69, 9.17) is 21.1 Å². The highest BCUT2D eigenvalue weighted by atomic mass is 35.5. The van der Waals surface area contributed by atoms with Crippen molar-refractivity contribution >= 4 is 11.6 Å². The Labute approximate surface area is 112 Å². The lowest BCUT2D eigenvalue weighted by atomic mass is 10.2. The average Bonchev–Trinajstić information content (AvgIpc) is 2.37. The second-order valence-corrected chi connectivity index (χ2v) is 4.20. The lowest BCUT2D eigenvalue weighted by Gasteiger charge is -2.15. The molecule has 1 N–H and O–H groups in total. The van der Waals surface area contributed by atoms with E-state index in [1.54, 1.807) is 13.2 Å². The second kappa shape index (κ2) is 8.16. The number of ether oxygens (including phenoxy) is 2. The van der Waals surface area contributed by atoms with Crippen LogP contribution in [0.5, 0.6) is 11.5 Å². The summed E-state index contributed by atoms with van der Waals surface area (Å²) in [5, 5.41) is 3.80. The van der Waals surface area contributed by atoms with E-state index in [-0.39, 0.29) is 0 Å². The van der Waals surface area contributed by atoms with E-state index in [2.05, 4.69) is 5.32 Å². The number of benzene rings is 1. The summed E-state index contributed by atoms with van der Waals surface area (Å²) in [6.45, 7) is 3.44. The van der Waals surface area contributed by atoms with Crippen molar-refractivity contribution in [2.45, 2.75) is 19.9 Å². The van der Waals surface area contributed by atoms with Crippen molar-refractivity contribution in [3.63, 3.8) is 0 Å². The SMILES string of the molecule is CCNCc1cc(Cl)cc(OC)c1OCCCF. The zero-order chi connectivity index (χ0) is 13.4. The van der Waals surface area contributed by atoms with Crippen LogP contribution in [-0.2, 0) is 6.54 Å². The summed E-state index contributed by atoms with van der Waals surface area (Å²) in [5.41, 5.74) is 0.917. The van der Waals surface area contributed by atoms with Gasteiger partial charge in [0.05, 0.1) is 20.4 Å². The zero-order valence-corrected chi connectivity index (χ0v) is 11.5. The van der Waals surface area contributed by atoms with Gasteiger partial charge in [0.15, 0.2) is 11.5 Å². The minimum atomic E-state index is -0.390. The molecule has 18 heavy (non-hydrogen) atoms. The van der Waals surface area contributed by atoms with Crippen LogP contribution in [-0.4, -0.2) is 26.9 Å². The zero-order valence-electron chi connectivity index (χ0n) is 10.8. The fourth-order valence-corrected chi connectivity index (χ4v) is 1.79. The van der Waals surface area contributed by atoms with Crippen LogP contribution >= 0.6 is 11.6 Å². The molecule has 0 saturated heterocycles. The van der Waals surface area contributed by atoms with Crippen molar-refractivity contribution in [1.82, 2.24) is 5.32 Å². The topological polar surface area (TPSA) is 30.5 Å². The van der Waals surface area contributed by atoms with E-state index in [0.29, 0.717) is 36.1 Å². The van der Waals surface area contributed by atoms with Gasteiger partial charge in [0, 0.05) is 29.6 Å². The number of halogens is 2. The molecule has 0 aliphatic heterocycles. The summed E-state index contributed by atoms with van der Waals surface area (Å²) in [6, 6.07) is 3.53. The Balaban J connectivity index is 2.92. The van der Waals surface area contributed by atoms with Crippen LogP contribution < -0.4 is 14.8 Å². The van der Waals surface area contributed by atoms with Gasteiger partial charge >= 0.3 is 0 Å². The molecule has 0 spiro atoms. The van der Waals surface area contributed by atoms with Gasteiger partial charge in [0.2, 0.25) is 0 Å². The monoisotopic (exact) mass is 275 g/mol. The first-order valence-electron chi connectivity index (χ1n) is 5.98. The van der Waals surface area contributed by atoms with Crippen LogP contribution in [0.15, 0.2) is 12.1 Å². The fraction of sp³-hybridized carbons (Fsp3) is 0.538. The van der Waals surface area contributed by atoms with E-state index in [0.717, 1.165) is 12.1 Å². The minimum Gasteiger partial charge on any atom is -0.493 e. The van der Waals surface area contributed by atoms with Gasteiger partial charge < -0.3 is 14.8 Å². The van der Waals surface area contributed by atoms with Gasteiger partial charge in [-0.25, -0.2) is 0 Å². The maximum absolute atomic E-state index is 12.1. The minimum absolute atomic E-state index is 0.327. The van der Waals surface area contributed by atoms with Crippen molar-refractivity contribution in [2.24, 2.45) is 0 Å². The van der Waals surface area contributed by atoms with Gasteiger partial charge in [-0.2, -0.15) is 0 Å². The quantitative estimate of drug-likeness (QED) is 0.739. The van der Waals surface area contributed by atoms with Crippen LogP contribution in [0.2, 0.25) is 5.02 Å². The van der Waals surface area contributed by atoms with Crippen molar-refractivity contribution in [2.75, 3.05) is 26.9 Å². The molecule has 0 unspecified atom stereocenters. The van der Waals surface area contributed by atoms with Gasteiger partial charge in [0.25, 0.3) is 0 Å². The number of hydrogen-bond acceptors (Lipinski definition) is 3. The molecule has 5 heteroatoms. The smallest absolute Gasteiger partial charge is 0.165 e. The predicted octanol–water partition coefficient (Wildman–Crippen LogP) is 3.20. The first-order chi connectivity index (χ1) is 8.72. The molecular weight excluding hydrogens is 257 g/mol. The van der Waals surface area contributed by atoms with E-state index in [1.807, 2.05) is 13.0 Å². The van der Waals surface area contributed by atoms with Gasteiger partial charge in [0.1, 0.15) is 0 Å². The Morgan fingerprint density at radius 2 is 2.17 bits per heavy atom. The van der Waals surface area contributed by atoms with E-state index in [9.17, 15) is 4.39 Å². The van der Waals surface area contributed by atoms with Crippen molar-refractivity contribution in [3.05, 3.63) is 22.7 Å². The van der Waals surface area contributed by atoms with Crippen LogP contribution in [0, 0.1) is 0 Å². The van der Waals surface area contributed by atoms with Crippen LogP contribution in [0.4, 0.5) is 4.39 Å². The maximum atomic E-state index is 12.1. The molecule has 0 aromatic heterocycles. The summed E-state index contributed by atoms with van der Waals surface area (Å²) >= 11 is 6.02. The Morgan fingerprint density at radius 1 is 1.39 bits per heavy atom. The molecule has 0 saturated carbocycles. The normalized spacial score (nSPS) is 10.4. The molecule has 0 heterocycles. The summed E-state index contributed by atoms with van der Waals surface area (Å²) in [7, 11) is 1.56. The molecule has 1 aromatic carbocycles. The van der Waals surface area contributed by atoms with Crippen molar-refractivity contribution < 1.29 is 13.9 Å². The third kappa shape index (κ3) is 4.35. The Hall–Kier alpha value is -1.00. The summed E-state index contributed by atoms with van der Waals surface area (Å²) in [4.78, 5) is 0. The lowest BCUT2D eigenvalue weighted by molar-refractivity contribution is 0.271. The number of methoxy groups -OCH3 is 1. The predicted molar refractivity (Wildman–Crippen MR) is 71.5 cm³/mol. The number of alkyl halides is 1. The third-order valence-corrected chi connectivity index (χ3v) is 2.62. The highest BCUT2D eigenvalue weighted by molar-refractivity contribution is 6.30. The summed E-state index contributed by atoms with van der Waals surface area (Å²) in [6.07, 6.45) is 0.367. The first-order valence-corrected chi connectivity index (χ1v) is 6.36. The average molecular weight is 276 g/mol. The summed E-state index contributed by atoms with van der Waals surface area (Å²) < 4.78 is 22.9. The molecule has 0 fully saturated rings. The standard InChI is InChI=1S/C13H19ClFNO2/c1-3-16-9-10-7-11(14)8-12(17-2)13(10)18-6-4-5-15/h7-8,16H,3-6,9H2,1-2H3. The molecule has 0 radical (unpaired) electrons. The molecular formula is C13H19ClFNO2. The molecule has 3 nitrogen and oxygen atoms in total. The lowest BCUT2D eigenvalue weighted by Crippen LogP contribution is -2.13. The Kier molecular flexibility index (Phi) is 6.83. The third-order valence-electron chi connectivity index (χ3n) is 2.41. The molecule has 1 aromatic rings. The van der Waals surface area contributed by atoms with E-state index < -0.39 is 6.67 Å². The van der Waals surface area contributed by atoms with Crippen LogP contribution in [0.3, 0.4) is 0 Å². The number of hydrogen-bond donors (Lipinski definition) is 1. The van der Waals surface area contributed by atoms with E-state index >= 15 is 0 Å². The molecule has 0 aliphatic rings. The fourth-order valence-electron chi connectivity index (χ4n) is 1.56. The molecule has 0 aliphatic carbocycles. The maximum Gasteiger partial charge on any atom is 0.165 e. The largest absolute Gasteiger partial charge is 0.493 e. The molecule has 0 atom stereocenters. The van der Waals surface area contributed by atoms with Crippen LogP contribution in [0.1, 0.15) is 18.9 Å². The van der Waals surface area contributed by atoms with Gasteiger partial charge in [-0.3, -0.25) is 4.39 Å². The molecule has 102 valence electrons. The van der Waals surface area contributed by atoms with E-state index in [1.165, 1.54) is 0 Å².